The molecule has 2 atom stereocenters. The van der Waals surface area contributed by atoms with Crippen molar-refractivity contribution in [1.82, 2.24) is 14.6 Å². The Morgan fingerprint density at radius 3 is 2.31 bits per heavy atom. The number of carbonyl (C=O) groups excluding carboxylic acids is 1. The maximum atomic E-state index is 13.5. The number of sulfonamides is 1. The van der Waals surface area contributed by atoms with Crippen LogP contribution in [0.3, 0.4) is 0 Å². The summed E-state index contributed by atoms with van der Waals surface area (Å²) in [5.74, 6) is 0.171. The fourth-order valence-corrected chi connectivity index (χ4v) is 5.43. The third-order valence-corrected chi connectivity index (χ3v) is 7.51. The molecule has 1 aromatic heterocycles. The molecule has 3 rings (SSSR count). The number of carbonyl (C=O) groups is 1. The summed E-state index contributed by atoms with van der Waals surface area (Å²) in [4.78, 5) is 17.0. The Labute approximate surface area is 213 Å². The molecule has 1 unspecified atom stereocenters. The zero-order chi connectivity index (χ0) is 26.1. The van der Waals surface area contributed by atoms with Gasteiger partial charge in [-0.1, -0.05) is 44.2 Å². The van der Waals surface area contributed by atoms with Gasteiger partial charge in [0.15, 0.2) is 0 Å². The van der Waals surface area contributed by atoms with Gasteiger partial charge in [0.05, 0.1) is 29.7 Å². The lowest BCUT2D eigenvalue weighted by molar-refractivity contribution is 0.0775. The first kappa shape index (κ1) is 27.3. The van der Waals surface area contributed by atoms with Crippen LogP contribution in [0.1, 0.15) is 29.8 Å². The summed E-state index contributed by atoms with van der Waals surface area (Å²) in [6, 6.07) is 18.1. The predicted octanol–water partition coefficient (Wildman–Crippen LogP) is 3.14. The van der Waals surface area contributed by atoms with Crippen molar-refractivity contribution in [1.29, 1.82) is 0 Å². The fourth-order valence-electron chi connectivity index (χ4n) is 3.81. The van der Waals surface area contributed by atoms with Crippen molar-refractivity contribution in [3.8, 4) is 5.75 Å². The number of hydrogen-bond acceptors (Lipinski definition) is 6. The highest BCUT2D eigenvalue weighted by Gasteiger charge is 2.31. The van der Waals surface area contributed by atoms with Crippen molar-refractivity contribution in [3.63, 3.8) is 0 Å². The quantitative estimate of drug-likeness (QED) is 0.387. The van der Waals surface area contributed by atoms with Crippen molar-refractivity contribution in [3.05, 3.63) is 90.3 Å². The minimum Gasteiger partial charge on any atom is -0.497 e. The number of benzene rings is 2. The van der Waals surface area contributed by atoms with Gasteiger partial charge in [-0.15, -0.1) is 0 Å². The SMILES string of the molecule is COc1ccc(S(=O)(=O)N(CC(C)C)CC(O)[C@H](Cc2ccccc2)NC(=O)c2cccnc2)cc1. The predicted molar refractivity (Wildman–Crippen MR) is 138 cm³/mol. The third-order valence-electron chi connectivity index (χ3n) is 5.66. The van der Waals surface area contributed by atoms with Crippen molar-refractivity contribution in [2.75, 3.05) is 20.2 Å². The van der Waals surface area contributed by atoms with Gasteiger partial charge >= 0.3 is 0 Å². The molecule has 36 heavy (non-hydrogen) atoms. The highest BCUT2D eigenvalue weighted by molar-refractivity contribution is 7.89. The topological polar surface area (TPSA) is 109 Å². The Morgan fingerprint density at radius 2 is 1.72 bits per heavy atom. The number of pyridine rings is 1. The molecule has 3 aromatic rings. The van der Waals surface area contributed by atoms with Gasteiger partial charge in [-0.2, -0.15) is 4.31 Å². The normalized spacial score (nSPS) is 13.4. The van der Waals surface area contributed by atoms with Crippen LogP contribution in [0.5, 0.6) is 5.75 Å². The number of rotatable bonds is 12. The van der Waals surface area contributed by atoms with Gasteiger partial charge in [-0.25, -0.2) is 8.42 Å². The van der Waals surface area contributed by atoms with E-state index in [1.165, 1.54) is 29.7 Å². The number of aliphatic hydroxyl groups excluding tert-OH is 1. The van der Waals surface area contributed by atoms with E-state index in [1.807, 2.05) is 44.2 Å². The Balaban J connectivity index is 1.87. The van der Waals surface area contributed by atoms with Gasteiger partial charge in [0, 0.05) is 25.5 Å². The molecule has 0 spiro atoms. The summed E-state index contributed by atoms with van der Waals surface area (Å²) in [6.07, 6.45) is 2.17. The summed E-state index contributed by atoms with van der Waals surface area (Å²) in [7, 11) is -2.40. The van der Waals surface area contributed by atoms with Gasteiger partial charge < -0.3 is 15.2 Å². The minimum absolute atomic E-state index is 0.0165. The van der Waals surface area contributed by atoms with Gasteiger partial charge in [-0.3, -0.25) is 9.78 Å². The van der Waals surface area contributed by atoms with Crippen LogP contribution in [-0.4, -0.2) is 61.1 Å². The zero-order valence-corrected chi connectivity index (χ0v) is 21.6. The van der Waals surface area contributed by atoms with Crippen LogP contribution in [0.15, 0.2) is 84.0 Å². The van der Waals surface area contributed by atoms with Crippen LogP contribution in [0, 0.1) is 5.92 Å². The maximum absolute atomic E-state index is 13.5. The molecule has 0 bridgehead atoms. The largest absolute Gasteiger partial charge is 0.497 e. The number of methoxy groups -OCH3 is 1. The average molecular weight is 512 g/mol. The lowest BCUT2D eigenvalue weighted by Crippen LogP contribution is -2.51. The fraction of sp³-hybridized carbons (Fsp3) is 0.333. The second-order valence-corrected chi connectivity index (χ2v) is 10.9. The van der Waals surface area contributed by atoms with Crippen molar-refractivity contribution in [2.45, 2.75) is 37.3 Å². The summed E-state index contributed by atoms with van der Waals surface area (Å²) in [5, 5.41) is 14.2. The smallest absolute Gasteiger partial charge is 0.253 e. The number of amides is 1. The van der Waals surface area contributed by atoms with Crippen LogP contribution in [0.25, 0.3) is 0 Å². The van der Waals surface area contributed by atoms with Crippen LogP contribution in [0.2, 0.25) is 0 Å². The molecule has 1 amide bonds. The molecule has 0 radical (unpaired) electrons. The molecule has 0 aliphatic rings. The molecule has 0 saturated carbocycles. The molecule has 9 heteroatoms. The molecule has 0 fully saturated rings. The Morgan fingerprint density at radius 1 is 1.03 bits per heavy atom. The summed E-state index contributed by atoms with van der Waals surface area (Å²) >= 11 is 0. The zero-order valence-electron chi connectivity index (χ0n) is 20.7. The number of aliphatic hydroxyl groups is 1. The molecular formula is C27H33N3O5S. The molecule has 2 N–H and O–H groups in total. The average Bonchev–Trinajstić information content (AvgIpc) is 2.88. The number of hydrogen-bond donors (Lipinski definition) is 2. The standard InChI is InChI=1S/C27H33N3O5S/c1-20(2)18-30(36(33,34)24-13-11-23(35-3)12-14-24)19-26(31)25(16-21-8-5-4-6-9-21)29-27(32)22-10-7-15-28-17-22/h4-15,17,20,25-26,31H,16,18-19H2,1-3H3,(H,29,32)/t25-,26?/m0/s1. The van der Waals surface area contributed by atoms with Crippen LogP contribution >= 0.6 is 0 Å². The first-order chi connectivity index (χ1) is 17.2. The van der Waals surface area contributed by atoms with Crippen molar-refractivity contribution in [2.24, 2.45) is 5.92 Å². The second kappa shape index (κ2) is 12.6. The Hall–Kier alpha value is -3.27. The molecule has 0 aliphatic carbocycles. The molecule has 192 valence electrons. The van der Waals surface area contributed by atoms with Gasteiger partial charge in [0.1, 0.15) is 5.75 Å². The Kier molecular flexibility index (Phi) is 9.58. The molecule has 0 saturated heterocycles. The van der Waals surface area contributed by atoms with E-state index >= 15 is 0 Å². The van der Waals surface area contributed by atoms with E-state index in [0.717, 1.165) is 5.56 Å². The van der Waals surface area contributed by atoms with Crippen molar-refractivity contribution < 1.29 is 23.1 Å². The van der Waals surface area contributed by atoms with Crippen LogP contribution < -0.4 is 10.1 Å². The first-order valence-electron chi connectivity index (χ1n) is 11.8. The highest BCUT2D eigenvalue weighted by atomic mass is 32.2. The summed E-state index contributed by atoms with van der Waals surface area (Å²) < 4.78 is 33.4. The monoisotopic (exact) mass is 511 g/mol. The number of nitrogens with zero attached hydrogens (tertiary/aromatic N) is 2. The van der Waals surface area contributed by atoms with Crippen LogP contribution in [-0.2, 0) is 16.4 Å². The Bertz CT molecular complexity index is 1200. The number of nitrogens with one attached hydrogen (secondary N) is 1. The lowest BCUT2D eigenvalue weighted by atomic mass is 10.0. The van der Waals surface area contributed by atoms with Gasteiger partial charge in [0.25, 0.3) is 5.91 Å². The second-order valence-electron chi connectivity index (χ2n) is 8.97. The number of ether oxygens (including phenoxy) is 1. The van der Waals surface area contributed by atoms with E-state index < -0.39 is 28.1 Å². The van der Waals surface area contributed by atoms with Gasteiger partial charge in [0.2, 0.25) is 10.0 Å². The van der Waals surface area contributed by atoms with E-state index in [2.05, 4.69) is 10.3 Å². The summed E-state index contributed by atoms with van der Waals surface area (Å²) in [6.45, 7) is 3.85. The van der Waals surface area contributed by atoms with E-state index in [0.29, 0.717) is 17.7 Å². The van der Waals surface area contributed by atoms with Crippen molar-refractivity contribution >= 4 is 15.9 Å². The molecule has 1 heterocycles. The first-order valence-corrected chi connectivity index (χ1v) is 13.2. The maximum Gasteiger partial charge on any atom is 0.253 e. The minimum atomic E-state index is -3.91. The van der Waals surface area contributed by atoms with E-state index in [-0.39, 0.29) is 23.9 Å². The summed E-state index contributed by atoms with van der Waals surface area (Å²) in [5.41, 5.74) is 1.26. The van der Waals surface area contributed by atoms with E-state index in [1.54, 1.807) is 30.5 Å². The van der Waals surface area contributed by atoms with E-state index in [9.17, 15) is 18.3 Å². The molecular weight excluding hydrogens is 478 g/mol. The molecule has 8 nitrogen and oxygen atoms in total. The van der Waals surface area contributed by atoms with Gasteiger partial charge in [-0.05, 0) is 54.3 Å². The highest BCUT2D eigenvalue weighted by Crippen LogP contribution is 2.22. The lowest BCUT2D eigenvalue weighted by Gasteiger charge is -2.30. The molecule has 0 aliphatic heterocycles. The third kappa shape index (κ3) is 7.36. The number of aromatic nitrogens is 1. The molecule has 2 aromatic carbocycles. The van der Waals surface area contributed by atoms with Crippen LogP contribution in [0.4, 0.5) is 0 Å². The van der Waals surface area contributed by atoms with E-state index in [4.69, 9.17) is 4.74 Å².